The van der Waals surface area contributed by atoms with Crippen LogP contribution >= 0.6 is 0 Å². The molecule has 3 aromatic rings. The Morgan fingerprint density at radius 1 is 1.35 bits per heavy atom. The third kappa shape index (κ3) is 1.86. The molecular weight excluding hydrogens is 254 g/mol. The van der Waals surface area contributed by atoms with Crippen LogP contribution in [0.5, 0.6) is 0 Å². The summed E-state index contributed by atoms with van der Waals surface area (Å²) in [6.45, 7) is 5.58. The van der Waals surface area contributed by atoms with Crippen molar-refractivity contribution in [1.82, 2.24) is 28.9 Å². The zero-order chi connectivity index (χ0) is 14.3. The van der Waals surface area contributed by atoms with Gasteiger partial charge in [0.05, 0.1) is 5.69 Å². The minimum atomic E-state index is 0.539. The van der Waals surface area contributed by atoms with Gasteiger partial charge in [0.25, 0.3) is 0 Å². The van der Waals surface area contributed by atoms with E-state index in [0.29, 0.717) is 5.95 Å². The van der Waals surface area contributed by atoms with E-state index in [2.05, 4.69) is 22.0 Å². The maximum absolute atomic E-state index is 6.05. The Labute approximate surface area is 117 Å². The smallest absolute Gasteiger partial charge is 0.202 e. The van der Waals surface area contributed by atoms with Crippen molar-refractivity contribution in [3.05, 3.63) is 23.9 Å². The molecule has 7 nitrogen and oxygen atoms in total. The van der Waals surface area contributed by atoms with Gasteiger partial charge in [0.2, 0.25) is 5.95 Å². The third-order valence-corrected chi connectivity index (χ3v) is 3.61. The van der Waals surface area contributed by atoms with Gasteiger partial charge in [-0.25, -0.2) is 14.6 Å². The maximum atomic E-state index is 6.05. The van der Waals surface area contributed by atoms with Crippen molar-refractivity contribution in [2.75, 3.05) is 5.73 Å². The number of anilines is 1. The second-order valence-corrected chi connectivity index (χ2v) is 4.90. The molecule has 0 aliphatic rings. The number of hydrogen-bond acceptors (Lipinski definition) is 4. The van der Waals surface area contributed by atoms with Crippen molar-refractivity contribution in [1.29, 1.82) is 0 Å². The van der Waals surface area contributed by atoms with Gasteiger partial charge in [-0.15, -0.1) is 0 Å². The maximum Gasteiger partial charge on any atom is 0.202 e. The molecule has 3 heterocycles. The van der Waals surface area contributed by atoms with E-state index in [-0.39, 0.29) is 0 Å². The summed E-state index contributed by atoms with van der Waals surface area (Å²) in [6, 6.07) is 0. The predicted molar refractivity (Wildman–Crippen MR) is 77.3 cm³/mol. The summed E-state index contributed by atoms with van der Waals surface area (Å²) >= 11 is 0. The predicted octanol–water partition coefficient (Wildman–Crippen LogP) is 1.12. The number of imidazole rings is 2. The summed E-state index contributed by atoms with van der Waals surface area (Å²) in [6.07, 6.45) is 4.57. The van der Waals surface area contributed by atoms with Crippen LogP contribution in [0.15, 0.2) is 12.4 Å². The summed E-state index contributed by atoms with van der Waals surface area (Å²) in [7, 11) is 2.00. The fourth-order valence-corrected chi connectivity index (χ4v) is 2.53. The number of rotatable bonds is 4. The largest absolute Gasteiger partial charge is 0.369 e. The van der Waals surface area contributed by atoms with Crippen LogP contribution in [0.4, 0.5) is 5.95 Å². The molecule has 3 aromatic heterocycles. The van der Waals surface area contributed by atoms with Crippen molar-refractivity contribution in [2.24, 2.45) is 7.05 Å². The molecule has 106 valence electrons. The van der Waals surface area contributed by atoms with Gasteiger partial charge in [-0.3, -0.25) is 4.57 Å². The fourth-order valence-electron chi connectivity index (χ4n) is 2.53. The van der Waals surface area contributed by atoms with E-state index in [0.717, 1.165) is 42.2 Å². The highest BCUT2D eigenvalue weighted by Gasteiger charge is 2.16. The lowest BCUT2D eigenvalue weighted by atomic mass is 10.4. The Bertz CT molecular complexity index is 746. The molecule has 0 amide bonds. The number of nitrogens with two attached hydrogens (primary N) is 1. The second-order valence-electron chi connectivity index (χ2n) is 4.90. The summed E-state index contributed by atoms with van der Waals surface area (Å²) in [5.74, 6) is 1.57. The van der Waals surface area contributed by atoms with Crippen molar-refractivity contribution >= 4 is 17.1 Å². The Hall–Kier alpha value is -2.31. The Morgan fingerprint density at radius 2 is 2.15 bits per heavy atom. The Kier molecular flexibility index (Phi) is 2.96. The molecule has 0 fully saturated rings. The average molecular weight is 273 g/mol. The van der Waals surface area contributed by atoms with E-state index in [4.69, 9.17) is 5.73 Å². The lowest BCUT2D eigenvalue weighted by molar-refractivity contribution is 0.618. The molecular formula is C13H19N7. The van der Waals surface area contributed by atoms with Gasteiger partial charge in [-0.05, 0) is 13.8 Å². The van der Waals surface area contributed by atoms with Crippen molar-refractivity contribution in [3.8, 4) is 0 Å². The van der Waals surface area contributed by atoms with Crippen LogP contribution in [0, 0.1) is 6.92 Å². The van der Waals surface area contributed by atoms with Gasteiger partial charge in [0.15, 0.2) is 5.65 Å². The molecule has 0 aromatic carbocycles. The highest BCUT2D eigenvalue weighted by molar-refractivity contribution is 5.77. The van der Waals surface area contributed by atoms with E-state index < -0.39 is 0 Å². The fraction of sp³-hybridized carbons (Fsp3) is 0.462. The van der Waals surface area contributed by atoms with E-state index in [1.54, 1.807) is 0 Å². The summed E-state index contributed by atoms with van der Waals surface area (Å²) in [4.78, 5) is 8.77. The average Bonchev–Trinajstić information content (AvgIpc) is 3.05. The first-order valence-corrected chi connectivity index (χ1v) is 6.77. The molecule has 7 heteroatoms. The zero-order valence-electron chi connectivity index (χ0n) is 12.0. The molecule has 0 spiro atoms. The van der Waals surface area contributed by atoms with Gasteiger partial charge in [0.1, 0.15) is 11.3 Å². The van der Waals surface area contributed by atoms with Crippen molar-refractivity contribution in [2.45, 2.75) is 33.4 Å². The number of fused-ring (bicyclic) bond motifs is 1. The Morgan fingerprint density at radius 3 is 2.80 bits per heavy atom. The van der Waals surface area contributed by atoms with Gasteiger partial charge in [-0.1, -0.05) is 0 Å². The van der Waals surface area contributed by atoms with Crippen LogP contribution in [0.25, 0.3) is 11.2 Å². The molecule has 0 saturated heterocycles. The van der Waals surface area contributed by atoms with Crippen LogP contribution in [-0.4, -0.2) is 28.9 Å². The minimum absolute atomic E-state index is 0.539. The molecule has 0 saturated carbocycles. The van der Waals surface area contributed by atoms with Gasteiger partial charge in [0, 0.05) is 39.0 Å². The lowest BCUT2D eigenvalue weighted by Gasteiger charge is -2.08. The third-order valence-electron chi connectivity index (χ3n) is 3.61. The molecule has 20 heavy (non-hydrogen) atoms. The summed E-state index contributed by atoms with van der Waals surface area (Å²) in [5.41, 5.74) is 8.86. The number of nitrogen functional groups attached to an aromatic ring is 1. The van der Waals surface area contributed by atoms with Crippen LogP contribution in [0.2, 0.25) is 0 Å². The first-order valence-electron chi connectivity index (χ1n) is 6.77. The highest BCUT2D eigenvalue weighted by atomic mass is 15.4. The van der Waals surface area contributed by atoms with Crippen LogP contribution in [0.1, 0.15) is 18.4 Å². The normalized spacial score (nSPS) is 11.6. The van der Waals surface area contributed by atoms with Gasteiger partial charge < -0.3 is 10.3 Å². The van der Waals surface area contributed by atoms with E-state index in [9.17, 15) is 0 Å². The molecule has 0 radical (unpaired) electrons. The van der Waals surface area contributed by atoms with E-state index in [1.165, 1.54) is 0 Å². The Balaban J connectivity index is 1.98. The quantitative estimate of drug-likeness (QED) is 0.772. The molecule has 0 aliphatic heterocycles. The molecule has 0 atom stereocenters. The number of hydrogen-bond donors (Lipinski definition) is 1. The van der Waals surface area contributed by atoms with Gasteiger partial charge in [-0.2, -0.15) is 5.10 Å². The molecule has 0 unspecified atom stereocenters. The monoisotopic (exact) mass is 273 g/mol. The number of aromatic nitrogens is 6. The summed E-state index contributed by atoms with van der Waals surface area (Å²) in [5, 5.41) is 4.49. The number of aryl methyl sites for hydroxylation is 5. The molecule has 0 aliphatic carbocycles. The van der Waals surface area contributed by atoms with Crippen LogP contribution < -0.4 is 5.73 Å². The topological polar surface area (TPSA) is 79.5 Å². The van der Waals surface area contributed by atoms with Crippen LogP contribution in [0.3, 0.4) is 0 Å². The molecule has 0 bridgehead atoms. The number of nitrogens with zero attached hydrogens (tertiary/aromatic N) is 6. The van der Waals surface area contributed by atoms with E-state index >= 15 is 0 Å². The highest BCUT2D eigenvalue weighted by Crippen LogP contribution is 2.21. The first-order chi connectivity index (χ1) is 9.61. The lowest BCUT2D eigenvalue weighted by Crippen LogP contribution is -2.11. The van der Waals surface area contributed by atoms with Crippen molar-refractivity contribution < 1.29 is 0 Å². The zero-order valence-corrected chi connectivity index (χ0v) is 12.0. The molecule has 3 rings (SSSR count). The molecule has 2 N–H and O–H groups in total. The van der Waals surface area contributed by atoms with Gasteiger partial charge >= 0.3 is 0 Å². The minimum Gasteiger partial charge on any atom is -0.369 e. The second kappa shape index (κ2) is 4.66. The SMILES string of the molecule is CCn1nc(C)c2nc(N)n(CCc3nccn3C)c21. The summed E-state index contributed by atoms with van der Waals surface area (Å²) < 4.78 is 5.99. The van der Waals surface area contributed by atoms with Crippen LogP contribution in [-0.2, 0) is 26.6 Å². The standard InChI is InChI=1S/C13H19N7/c1-4-20-12-11(9(2)17-20)16-13(14)19(12)7-5-10-15-6-8-18(10)3/h6,8H,4-5,7H2,1-3H3,(H2,14,16). The van der Waals surface area contributed by atoms with Crippen molar-refractivity contribution in [3.63, 3.8) is 0 Å². The van der Waals surface area contributed by atoms with E-state index in [1.807, 2.05) is 40.2 Å². The first kappa shape index (κ1) is 12.7.